The van der Waals surface area contributed by atoms with E-state index in [-0.39, 0.29) is 6.61 Å². The number of aliphatic hydroxyl groups excluding tert-OH is 1. The van der Waals surface area contributed by atoms with Gasteiger partial charge in [0, 0.05) is 6.61 Å². The van der Waals surface area contributed by atoms with Crippen molar-refractivity contribution in [3.63, 3.8) is 0 Å². The molecule has 4 nitrogen and oxygen atoms in total. The molecule has 0 fully saturated rings. The molecule has 0 aliphatic heterocycles. The Kier molecular flexibility index (Phi) is 6.25. The predicted octanol–water partition coefficient (Wildman–Crippen LogP) is 2.82. The quantitative estimate of drug-likeness (QED) is 0.777. The van der Waals surface area contributed by atoms with Crippen molar-refractivity contribution in [1.82, 2.24) is 0 Å². The summed E-state index contributed by atoms with van der Waals surface area (Å²) < 4.78 is 15.6. The van der Waals surface area contributed by atoms with Crippen molar-refractivity contribution in [2.24, 2.45) is 0 Å². The number of hydrogen-bond acceptors (Lipinski definition) is 4. The Labute approximate surface area is 112 Å². The summed E-state index contributed by atoms with van der Waals surface area (Å²) in [5, 5.41) is 10.4. The van der Waals surface area contributed by atoms with Gasteiger partial charge in [0.25, 0.3) is 0 Å². The number of methoxy groups -OCH3 is 2. The van der Waals surface area contributed by atoms with Gasteiger partial charge in [-0.1, -0.05) is 18.5 Å². The van der Waals surface area contributed by atoms with Crippen LogP contribution in [-0.4, -0.2) is 32.5 Å². The Hall–Kier alpha value is -0.970. The third kappa shape index (κ3) is 3.77. The van der Waals surface area contributed by atoms with Crippen LogP contribution in [-0.2, 0) is 4.74 Å². The van der Waals surface area contributed by atoms with Gasteiger partial charge in [-0.2, -0.15) is 0 Å². The first-order valence-electron chi connectivity index (χ1n) is 5.81. The fourth-order valence-electron chi connectivity index (χ4n) is 1.57. The van der Waals surface area contributed by atoms with E-state index in [1.54, 1.807) is 12.1 Å². The van der Waals surface area contributed by atoms with E-state index in [0.717, 1.165) is 6.42 Å². The van der Waals surface area contributed by atoms with E-state index in [2.05, 4.69) is 0 Å². The highest BCUT2D eigenvalue weighted by Crippen LogP contribution is 2.37. The van der Waals surface area contributed by atoms with Gasteiger partial charge in [-0.3, -0.25) is 0 Å². The summed E-state index contributed by atoms with van der Waals surface area (Å²) in [6.45, 7) is 2.87. The molecule has 0 saturated carbocycles. The Bertz CT molecular complexity index is 381. The van der Waals surface area contributed by atoms with Crippen LogP contribution in [0.3, 0.4) is 0 Å². The normalized spacial score (nSPS) is 12.3. The summed E-state index contributed by atoms with van der Waals surface area (Å²) in [4.78, 5) is 0. The summed E-state index contributed by atoms with van der Waals surface area (Å²) in [6.07, 6.45) is 0.188. The van der Waals surface area contributed by atoms with Gasteiger partial charge in [0.1, 0.15) is 6.10 Å². The average Bonchev–Trinajstić information content (AvgIpc) is 2.37. The second-order valence-corrected chi connectivity index (χ2v) is 4.24. The van der Waals surface area contributed by atoms with Crippen molar-refractivity contribution in [3.05, 3.63) is 22.7 Å². The highest BCUT2D eigenvalue weighted by molar-refractivity contribution is 6.32. The molecule has 0 spiro atoms. The highest BCUT2D eigenvalue weighted by Gasteiger charge is 2.15. The van der Waals surface area contributed by atoms with E-state index < -0.39 is 6.10 Å². The maximum atomic E-state index is 9.98. The third-order valence-corrected chi connectivity index (χ3v) is 2.75. The van der Waals surface area contributed by atoms with Gasteiger partial charge in [0.2, 0.25) is 0 Å². The number of halogens is 1. The summed E-state index contributed by atoms with van der Waals surface area (Å²) in [7, 11) is 3.04. The van der Waals surface area contributed by atoms with Crippen molar-refractivity contribution < 1.29 is 19.3 Å². The van der Waals surface area contributed by atoms with E-state index in [1.807, 2.05) is 6.92 Å². The zero-order valence-corrected chi connectivity index (χ0v) is 11.7. The minimum atomic E-state index is -0.728. The largest absolute Gasteiger partial charge is 0.493 e. The second kappa shape index (κ2) is 7.46. The van der Waals surface area contributed by atoms with Crippen molar-refractivity contribution in [2.45, 2.75) is 19.4 Å². The molecule has 0 aromatic heterocycles. The number of benzene rings is 1. The molecule has 1 atom stereocenters. The van der Waals surface area contributed by atoms with Crippen LogP contribution in [0, 0.1) is 0 Å². The van der Waals surface area contributed by atoms with Crippen molar-refractivity contribution in [1.29, 1.82) is 0 Å². The molecule has 1 aromatic carbocycles. The fourth-order valence-corrected chi connectivity index (χ4v) is 1.86. The summed E-state index contributed by atoms with van der Waals surface area (Å²) in [6, 6.07) is 3.35. The van der Waals surface area contributed by atoms with Crippen LogP contribution in [0.15, 0.2) is 12.1 Å². The van der Waals surface area contributed by atoms with Crippen molar-refractivity contribution in [2.75, 3.05) is 27.4 Å². The van der Waals surface area contributed by atoms with Crippen molar-refractivity contribution >= 4 is 11.6 Å². The van der Waals surface area contributed by atoms with Gasteiger partial charge >= 0.3 is 0 Å². The Morgan fingerprint density at radius 3 is 2.56 bits per heavy atom. The van der Waals surface area contributed by atoms with Gasteiger partial charge in [-0.15, -0.1) is 0 Å². The summed E-state index contributed by atoms with van der Waals surface area (Å²) in [5.74, 6) is 0.958. The second-order valence-electron chi connectivity index (χ2n) is 3.83. The Morgan fingerprint density at radius 1 is 1.28 bits per heavy atom. The molecule has 0 aliphatic rings. The molecule has 1 aromatic rings. The topological polar surface area (TPSA) is 47.9 Å². The van der Waals surface area contributed by atoms with Crippen molar-refractivity contribution in [3.8, 4) is 11.5 Å². The van der Waals surface area contributed by atoms with Gasteiger partial charge in [0.05, 0.1) is 25.8 Å². The van der Waals surface area contributed by atoms with E-state index >= 15 is 0 Å². The van der Waals surface area contributed by atoms with Crippen LogP contribution in [0.2, 0.25) is 5.02 Å². The number of ether oxygens (including phenoxy) is 3. The third-order valence-electron chi connectivity index (χ3n) is 2.46. The summed E-state index contributed by atoms with van der Waals surface area (Å²) >= 11 is 6.06. The molecule has 0 amide bonds. The van der Waals surface area contributed by atoms with E-state index in [0.29, 0.717) is 28.7 Å². The monoisotopic (exact) mass is 274 g/mol. The van der Waals surface area contributed by atoms with Crippen LogP contribution in [0.1, 0.15) is 25.0 Å². The van der Waals surface area contributed by atoms with Crippen LogP contribution in [0.25, 0.3) is 0 Å². The summed E-state index contributed by atoms with van der Waals surface area (Å²) in [5.41, 5.74) is 0.647. The molecule has 102 valence electrons. The van der Waals surface area contributed by atoms with Gasteiger partial charge in [-0.05, 0) is 24.1 Å². The predicted molar refractivity (Wildman–Crippen MR) is 70.6 cm³/mol. The first kappa shape index (κ1) is 15.1. The molecule has 1 rings (SSSR count). The average molecular weight is 275 g/mol. The van der Waals surface area contributed by atoms with Crippen LogP contribution in [0.4, 0.5) is 0 Å². The first-order valence-corrected chi connectivity index (χ1v) is 6.19. The maximum Gasteiger partial charge on any atom is 0.179 e. The molecule has 1 N–H and O–H groups in total. The lowest BCUT2D eigenvalue weighted by atomic mass is 10.1. The molecular weight excluding hydrogens is 256 g/mol. The molecule has 5 heteroatoms. The maximum absolute atomic E-state index is 9.98. The number of hydrogen-bond donors (Lipinski definition) is 1. The number of aliphatic hydroxyl groups is 1. The standard InChI is InChI=1S/C13H19ClO4/c1-4-5-18-8-11(15)9-6-10(14)13(17-3)12(7-9)16-2/h6-7,11,15H,4-5,8H2,1-3H3. The molecule has 18 heavy (non-hydrogen) atoms. The van der Waals surface area contributed by atoms with Gasteiger partial charge in [-0.25, -0.2) is 0 Å². The minimum Gasteiger partial charge on any atom is -0.493 e. The van der Waals surface area contributed by atoms with E-state index in [1.165, 1.54) is 14.2 Å². The molecule has 0 aliphatic carbocycles. The zero-order chi connectivity index (χ0) is 13.5. The molecular formula is C13H19ClO4. The Morgan fingerprint density at radius 2 is 2.00 bits per heavy atom. The van der Waals surface area contributed by atoms with Crippen LogP contribution < -0.4 is 9.47 Å². The fraction of sp³-hybridized carbons (Fsp3) is 0.538. The smallest absolute Gasteiger partial charge is 0.179 e. The Balaban J connectivity index is 2.86. The SMILES string of the molecule is CCCOCC(O)c1cc(Cl)c(OC)c(OC)c1. The van der Waals surface area contributed by atoms with Crippen LogP contribution in [0.5, 0.6) is 11.5 Å². The van der Waals surface area contributed by atoms with Gasteiger partial charge < -0.3 is 19.3 Å². The number of rotatable bonds is 7. The minimum absolute atomic E-state index is 0.236. The van der Waals surface area contributed by atoms with E-state index in [9.17, 15) is 5.11 Å². The van der Waals surface area contributed by atoms with Crippen LogP contribution >= 0.6 is 11.6 Å². The molecule has 0 radical (unpaired) electrons. The first-order chi connectivity index (χ1) is 8.63. The lowest BCUT2D eigenvalue weighted by Crippen LogP contribution is -2.08. The zero-order valence-electron chi connectivity index (χ0n) is 10.9. The molecule has 0 bridgehead atoms. The molecule has 1 unspecified atom stereocenters. The lowest BCUT2D eigenvalue weighted by Gasteiger charge is -2.15. The van der Waals surface area contributed by atoms with Gasteiger partial charge in [0.15, 0.2) is 11.5 Å². The highest BCUT2D eigenvalue weighted by atomic mass is 35.5. The lowest BCUT2D eigenvalue weighted by molar-refractivity contribution is 0.0362. The van der Waals surface area contributed by atoms with E-state index in [4.69, 9.17) is 25.8 Å². The molecule has 0 saturated heterocycles. The molecule has 0 heterocycles.